The van der Waals surface area contributed by atoms with E-state index in [-0.39, 0.29) is 0 Å². The van der Waals surface area contributed by atoms with E-state index in [4.69, 9.17) is 14.5 Å². The first-order valence-electron chi connectivity index (χ1n) is 4.91. The van der Waals surface area contributed by atoms with Crippen molar-refractivity contribution in [2.24, 2.45) is 0 Å². The zero-order valence-electron chi connectivity index (χ0n) is 9.39. The summed E-state index contributed by atoms with van der Waals surface area (Å²) < 4.78 is 15.9. The number of ketones is 1. The van der Waals surface area contributed by atoms with Gasteiger partial charge in [0.2, 0.25) is 0 Å². The standard InChI is InChI=1S/C9H19O5P/c1-4-5-6-14-9(2,3)8(10)7-15(11,12)13/h4-7H2,1-3H3,(H2,11,12,13). The van der Waals surface area contributed by atoms with Crippen LogP contribution in [-0.4, -0.2) is 33.9 Å². The molecule has 0 atom stereocenters. The minimum absolute atomic E-state index is 0.427. The molecule has 0 aliphatic rings. The lowest BCUT2D eigenvalue weighted by Gasteiger charge is -2.23. The van der Waals surface area contributed by atoms with Gasteiger partial charge in [-0.2, -0.15) is 0 Å². The molecule has 0 rings (SSSR count). The van der Waals surface area contributed by atoms with E-state index in [0.717, 1.165) is 12.8 Å². The molecule has 2 N–H and O–H groups in total. The van der Waals surface area contributed by atoms with Crippen molar-refractivity contribution in [2.75, 3.05) is 12.8 Å². The van der Waals surface area contributed by atoms with E-state index in [1.165, 1.54) is 13.8 Å². The summed E-state index contributed by atoms with van der Waals surface area (Å²) in [5, 5.41) is 0. The minimum Gasteiger partial charge on any atom is -0.368 e. The summed E-state index contributed by atoms with van der Waals surface area (Å²) in [5.41, 5.74) is -1.11. The largest absolute Gasteiger partial charge is 0.368 e. The second kappa shape index (κ2) is 5.75. The van der Waals surface area contributed by atoms with Crippen molar-refractivity contribution in [3.63, 3.8) is 0 Å². The van der Waals surface area contributed by atoms with E-state index in [0.29, 0.717) is 6.61 Å². The Balaban J connectivity index is 4.20. The van der Waals surface area contributed by atoms with Gasteiger partial charge in [-0.05, 0) is 20.3 Å². The number of unbranched alkanes of at least 4 members (excludes halogenated alkanes) is 1. The molecule has 0 spiro atoms. The zero-order chi connectivity index (χ0) is 12.1. The predicted octanol–water partition coefficient (Wildman–Crippen LogP) is 1.33. The van der Waals surface area contributed by atoms with Crippen LogP contribution < -0.4 is 0 Å². The SMILES string of the molecule is CCCCOC(C)(C)C(=O)CP(=O)(O)O. The van der Waals surface area contributed by atoms with E-state index < -0.39 is 25.1 Å². The average Bonchev–Trinajstić information content (AvgIpc) is 2.01. The van der Waals surface area contributed by atoms with Crippen molar-refractivity contribution in [3.8, 4) is 0 Å². The highest BCUT2D eigenvalue weighted by Crippen LogP contribution is 2.35. The summed E-state index contributed by atoms with van der Waals surface area (Å²) in [6.45, 7) is 5.48. The molecule has 0 amide bonds. The Morgan fingerprint density at radius 3 is 2.33 bits per heavy atom. The lowest BCUT2D eigenvalue weighted by molar-refractivity contribution is -0.138. The first-order chi connectivity index (χ1) is 6.69. The Kier molecular flexibility index (Phi) is 5.67. The third kappa shape index (κ3) is 6.79. The Labute approximate surface area is 90.0 Å². The molecule has 0 aliphatic heterocycles. The molecule has 0 bridgehead atoms. The minimum atomic E-state index is -4.29. The molecule has 5 nitrogen and oxygen atoms in total. The van der Waals surface area contributed by atoms with Crippen LogP contribution in [0.4, 0.5) is 0 Å². The van der Waals surface area contributed by atoms with Crippen LogP contribution in [-0.2, 0) is 14.1 Å². The molecular weight excluding hydrogens is 219 g/mol. The maximum absolute atomic E-state index is 11.5. The maximum atomic E-state index is 11.5. The highest BCUT2D eigenvalue weighted by Gasteiger charge is 2.33. The van der Waals surface area contributed by atoms with Crippen molar-refractivity contribution in [2.45, 2.75) is 39.2 Å². The Morgan fingerprint density at radius 2 is 1.93 bits per heavy atom. The van der Waals surface area contributed by atoms with Crippen LogP contribution in [0.1, 0.15) is 33.6 Å². The van der Waals surface area contributed by atoms with Gasteiger partial charge in [-0.1, -0.05) is 13.3 Å². The lowest BCUT2D eigenvalue weighted by atomic mass is 10.1. The highest BCUT2D eigenvalue weighted by molar-refractivity contribution is 7.52. The van der Waals surface area contributed by atoms with Crippen LogP contribution >= 0.6 is 7.60 Å². The molecule has 0 unspecified atom stereocenters. The third-order valence-electron chi connectivity index (χ3n) is 1.98. The molecule has 0 aromatic heterocycles. The quantitative estimate of drug-likeness (QED) is 0.516. The number of ether oxygens (including phenoxy) is 1. The number of carbonyl (C=O) groups excluding carboxylic acids is 1. The van der Waals surface area contributed by atoms with Gasteiger partial charge in [0.25, 0.3) is 0 Å². The second-order valence-electron chi connectivity index (χ2n) is 3.96. The molecule has 0 radical (unpaired) electrons. The van der Waals surface area contributed by atoms with Gasteiger partial charge >= 0.3 is 7.60 Å². The molecule has 0 aromatic carbocycles. The van der Waals surface area contributed by atoms with Gasteiger partial charge in [-0.3, -0.25) is 9.36 Å². The number of Topliss-reactive ketones (excluding diaryl/α,β-unsaturated/α-hetero) is 1. The van der Waals surface area contributed by atoms with Gasteiger partial charge in [0.1, 0.15) is 11.8 Å². The summed E-state index contributed by atoms with van der Waals surface area (Å²) in [6, 6.07) is 0. The zero-order valence-corrected chi connectivity index (χ0v) is 10.3. The van der Waals surface area contributed by atoms with Crippen molar-refractivity contribution >= 4 is 13.4 Å². The summed E-state index contributed by atoms with van der Waals surface area (Å²) in [6.07, 6.45) is 1.02. The monoisotopic (exact) mass is 238 g/mol. The average molecular weight is 238 g/mol. The molecule has 6 heteroatoms. The molecule has 0 aliphatic carbocycles. The summed E-state index contributed by atoms with van der Waals surface area (Å²) >= 11 is 0. The van der Waals surface area contributed by atoms with E-state index in [9.17, 15) is 9.36 Å². The van der Waals surface area contributed by atoms with Crippen molar-refractivity contribution in [1.82, 2.24) is 0 Å². The molecular formula is C9H19O5P. The summed E-state index contributed by atoms with van der Waals surface area (Å²) in [5.74, 6) is -0.563. The van der Waals surface area contributed by atoms with E-state index in [1.54, 1.807) is 0 Å². The first kappa shape index (κ1) is 14.8. The summed E-state index contributed by atoms with van der Waals surface area (Å²) in [7, 11) is -4.29. The fourth-order valence-electron chi connectivity index (χ4n) is 0.930. The van der Waals surface area contributed by atoms with Gasteiger partial charge in [0.05, 0.1) is 0 Å². The van der Waals surface area contributed by atoms with Crippen LogP contribution in [0.2, 0.25) is 0 Å². The Hall–Kier alpha value is -0.220. The van der Waals surface area contributed by atoms with Crippen LogP contribution in [0, 0.1) is 0 Å². The molecule has 15 heavy (non-hydrogen) atoms. The number of hydrogen-bond acceptors (Lipinski definition) is 3. The second-order valence-corrected chi connectivity index (χ2v) is 5.60. The number of rotatable bonds is 7. The van der Waals surface area contributed by atoms with Crippen molar-refractivity contribution in [3.05, 3.63) is 0 Å². The van der Waals surface area contributed by atoms with Crippen molar-refractivity contribution < 1.29 is 23.9 Å². The number of hydrogen-bond donors (Lipinski definition) is 2. The Morgan fingerprint density at radius 1 is 1.40 bits per heavy atom. The van der Waals surface area contributed by atoms with E-state index in [1.807, 2.05) is 6.92 Å². The molecule has 0 saturated heterocycles. The van der Waals surface area contributed by atoms with Crippen LogP contribution in [0.15, 0.2) is 0 Å². The molecule has 0 heterocycles. The van der Waals surface area contributed by atoms with Gasteiger partial charge in [0, 0.05) is 6.61 Å². The lowest BCUT2D eigenvalue weighted by Crippen LogP contribution is -2.37. The van der Waals surface area contributed by atoms with E-state index in [2.05, 4.69) is 0 Å². The molecule has 0 aromatic rings. The topological polar surface area (TPSA) is 83.8 Å². The highest BCUT2D eigenvalue weighted by atomic mass is 31.2. The summed E-state index contributed by atoms with van der Waals surface area (Å²) in [4.78, 5) is 28.8. The van der Waals surface area contributed by atoms with Gasteiger partial charge in [0.15, 0.2) is 5.78 Å². The predicted molar refractivity (Wildman–Crippen MR) is 56.9 cm³/mol. The fourth-order valence-corrected chi connectivity index (χ4v) is 1.68. The van der Waals surface area contributed by atoms with Crippen LogP contribution in [0.3, 0.4) is 0 Å². The molecule has 0 fully saturated rings. The smallest absolute Gasteiger partial charge is 0.333 e. The molecule has 90 valence electrons. The number of carbonyl (C=O) groups is 1. The fraction of sp³-hybridized carbons (Fsp3) is 0.889. The van der Waals surface area contributed by atoms with Gasteiger partial charge in [-0.25, -0.2) is 0 Å². The normalized spacial score (nSPS) is 12.9. The van der Waals surface area contributed by atoms with Gasteiger partial charge in [-0.15, -0.1) is 0 Å². The Bertz CT molecular complexity index is 255. The van der Waals surface area contributed by atoms with E-state index >= 15 is 0 Å². The first-order valence-corrected chi connectivity index (χ1v) is 6.70. The maximum Gasteiger partial charge on any atom is 0.333 e. The van der Waals surface area contributed by atoms with Crippen LogP contribution in [0.25, 0.3) is 0 Å². The van der Waals surface area contributed by atoms with Crippen LogP contribution in [0.5, 0.6) is 0 Å². The third-order valence-corrected chi connectivity index (χ3v) is 2.68. The van der Waals surface area contributed by atoms with Gasteiger partial charge < -0.3 is 14.5 Å². The van der Waals surface area contributed by atoms with Crippen molar-refractivity contribution in [1.29, 1.82) is 0 Å². The molecule has 0 saturated carbocycles.